The Labute approximate surface area is 269 Å². The normalized spacial score (nSPS) is 11.0. The largest absolute Gasteiger partial charge is 0.493 e. The van der Waals surface area contributed by atoms with Gasteiger partial charge in [0.2, 0.25) is 0 Å². The molecule has 12 heteroatoms. The van der Waals surface area contributed by atoms with Gasteiger partial charge in [0.15, 0.2) is 11.5 Å². The van der Waals surface area contributed by atoms with E-state index in [0.717, 1.165) is 5.39 Å². The zero-order valence-corrected chi connectivity index (χ0v) is 26.2. The van der Waals surface area contributed by atoms with Gasteiger partial charge < -0.3 is 19.2 Å². The van der Waals surface area contributed by atoms with E-state index in [2.05, 4.69) is 31.4 Å². The molecule has 1 heterocycles. The molecular weight excluding hydrogens is 673 g/mol. The number of amides is 1. The number of aromatic amines is 1. The maximum atomic E-state index is 13.4. The van der Waals surface area contributed by atoms with Crippen LogP contribution in [-0.2, 0) is 4.79 Å². The molecule has 0 fully saturated rings. The van der Waals surface area contributed by atoms with Crippen molar-refractivity contribution >= 4 is 74.1 Å². The van der Waals surface area contributed by atoms with E-state index >= 15 is 0 Å². The average molecular weight is 695 g/mol. The molecule has 0 spiro atoms. The molecule has 1 aromatic heterocycles. The second-order valence-corrected chi connectivity index (χ2v) is 11.0. The predicted molar refractivity (Wildman–Crippen MR) is 172 cm³/mol. The first kappa shape index (κ1) is 30.8. The molecule has 0 atom stereocenters. The van der Waals surface area contributed by atoms with Gasteiger partial charge in [-0.25, -0.2) is 10.2 Å². The van der Waals surface area contributed by atoms with Crippen LogP contribution in [0.15, 0.2) is 88.4 Å². The van der Waals surface area contributed by atoms with Crippen molar-refractivity contribution in [3.05, 3.63) is 110 Å². The molecule has 0 saturated heterocycles. The molecule has 4 aromatic carbocycles. The summed E-state index contributed by atoms with van der Waals surface area (Å²) in [5, 5.41) is 5.75. The van der Waals surface area contributed by atoms with Gasteiger partial charge in [-0.1, -0.05) is 69.5 Å². The summed E-state index contributed by atoms with van der Waals surface area (Å²) < 4.78 is 16.6. The number of rotatable bonds is 8. The number of esters is 2. The lowest BCUT2D eigenvalue weighted by molar-refractivity contribution is -0.132. The molecular formula is C32H22BrCl2N3O6. The first-order chi connectivity index (χ1) is 21.2. The molecule has 222 valence electrons. The molecule has 0 aliphatic heterocycles. The molecule has 0 bridgehead atoms. The third kappa shape index (κ3) is 6.62. The summed E-state index contributed by atoms with van der Waals surface area (Å²) in [5.74, 6) is -1.25. The highest BCUT2D eigenvalue weighted by Gasteiger charge is 2.22. The number of nitrogens with one attached hydrogen (secondary N) is 2. The van der Waals surface area contributed by atoms with Crippen LogP contribution >= 0.6 is 39.1 Å². The lowest BCUT2D eigenvalue weighted by Gasteiger charge is -2.11. The van der Waals surface area contributed by atoms with Crippen LogP contribution in [0.3, 0.4) is 0 Å². The van der Waals surface area contributed by atoms with Crippen molar-refractivity contribution in [1.82, 2.24) is 10.4 Å². The van der Waals surface area contributed by atoms with E-state index < -0.39 is 17.8 Å². The maximum Gasteiger partial charge on any atom is 0.343 e. The number of hydrogen-bond acceptors (Lipinski definition) is 7. The number of ether oxygens (including phenoxy) is 3. The highest BCUT2D eigenvalue weighted by Crippen LogP contribution is 2.38. The molecule has 0 saturated carbocycles. The fourth-order valence-electron chi connectivity index (χ4n) is 4.42. The van der Waals surface area contributed by atoms with Crippen molar-refractivity contribution in [2.45, 2.75) is 6.92 Å². The fourth-order valence-corrected chi connectivity index (χ4v) is 5.25. The minimum Gasteiger partial charge on any atom is -0.493 e. The van der Waals surface area contributed by atoms with Crippen LogP contribution in [0.4, 0.5) is 0 Å². The lowest BCUT2D eigenvalue weighted by Crippen LogP contribution is -2.19. The summed E-state index contributed by atoms with van der Waals surface area (Å²) in [5.41, 5.74) is 5.09. The molecule has 1 amide bonds. The van der Waals surface area contributed by atoms with E-state index in [1.807, 2.05) is 18.2 Å². The SMILES string of the molecule is COc1cc(C(=O)Oc2ccc(Br)cc2C=NNC(=O)c2[nH]c3c(Cl)cccc3c2-c2ccccc2Cl)ccc1OC(C)=O. The van der Waals surface area contributed by atoms with E-state index in [1.54, 1.807) is 42.5 Å². The van der Waals surface area contributed by atoms with Gasteiger partial charge in [-0.2, -0.15) is 5.10 Å². The summed E-state index contributed by atoms with van der Waals surface area (Å²) in [4.78, 5) is 40.9. The Morgan fingerprint density at radius 1 is 0.886 bits per heavy atom. The second-order valence-electron chi connectivity index (χ2n) is 9.25. The van der Waals surface area contributed by atoms with Gasteiger partial charge in [-0.15, -0.1) is 0 Å². The molecule has 5 rings (SSSR count). The Bertz CT molecular complexity index is 1960. The van der Waals surface area contributed by atoms with Crippen molar-refractivity contribution in [2.24, 2.45) is 5.10 Å². The first-order valence-corrected chi connectivity index (χ1v) is 14.5. The number of H-pyrrole nitrogens is 1. The minimum absolute atomic E-state index is 0.154. The van der Waals surface area contributed by atoms with Crippen molar-refractivity contribution in [3.63, 3.8) is 0 Å². The highest BCUT2D eigenvalue weighted by molar-refractivity contribution is 9.10. The van der Waals surface area contributed by atoms with E-state index in [1.165, 1.54) is 38.4 Å². The Kier molecular flexibility index (Phi) is 9.34. The van der Waals surface area contributed by atoms with Crippen LogP contribution < -0.4 is 19.6 Å². The number of halogens is 3. The van der Waals surface area contributed by atoms with Gasteiger partial charge >= 0.3 is 11.9 Å². The van der Waals surface area contributed by atoms with Crippen molar-refractivity contribution in [1.29, 1.82) is 0 Å². The van der Waals surface area contributed by atoms with Gasteiger partial charge in [0.05, 0.1) is 29.4 Å². The molecule has 9 nitrogen and oxygen atoms in total. The standard InChI is InChI=1S/C32H22BrCl2N3O6/c1-17(39)43-26-12-10-18(15-27(26)42-2)32(41)44-25-13-11-20(33)14-19(25)16-36-38-31(40)30-28(21-6-3-4-8-23(21)34)22-7-5-9-24(35)29(22)37-30/h3-16,37H,1-2H3,(H,38,40). The molecule has 0 unspecified atom stereocenters. The predicted octanol–water partition coefficient (Wildman–Crippen LogP) is 7.82. The number of carbonyl (C=O) groups is 3. The number of hydrazone groups is 1. The Morgan fingerprint density at radius 3 is 2.39 bits per heavy atom. The Balaban J connectivity index is 1.40. The van der Waals surface area contributed by atoms with Crippen LogP contribution in [-0.4, -0.2) is 36.2 Å². The molecule has 5 aromatic rings. The molecule has 0 radical (unpaired) electrons. The van der Waals surface area contributed by atoms with Gasteiger partial charge in [-0.3, -0.25) is 9.59 Å². The number of benzene rings is 4. The van der Waals surface area contributed by atoms with E-state index in [9.17, 15) is 14.4 Å². The van der Waals surface area contributed by atoms with E-state index in [0.29, 0.717) is 36.7 Å². The summed E-state index contributed by atoms with van der Waals surface area (Å²) in [6.45, 7) is 1.26. The zero-order chi connectivity index (χ0) is 31.4. The number of hydrogen-bond donors (Lipinski definition) is 2. The number of aromatic nitrogens is 1. The van der Waals surface area contributed by atoms with Crippen molar-refractivity contribution in [2.75, 3.05) is 7.11 Å². The van der Waals surface area contributed by atoms with Gasteiger partial charge in [0.1, 0.15) is 11.4 Å². The average Bonchev–Trinajstić information content (AvgIpc) is 3.39. The highest BCUT2D eigenvalue weighted by atomic mass is 79.9. The Hall–Kier alpha value is -4.64. The summed E-state index contributed by atoms with van der Waals surface area (Å²) in [6, 6.07) is 21.7. The Morgan fingerprint density at radius 2 is 1.64 bits per heavy atom. The van der Waals surface area contributed by atoms with Crippen molar-refractivity contribution < 1.29 is 28.6 Å². The fraction of sp³-hybridized carbons (Fsp3) is 0.0625. The molecule has 0 aliphatic carbocycles. The first-order valence-electron chi connectivity index (χ1n) is 12.9. The number of para-hydroxylation sites is 1. The summed E-state index contributed by atoms with van der Waals surface area (Å²) >= 11 is 16.3. The number of methoxy groups -OCH3 is 1. The number of nitrogens with zero attached hydrogens (tertiary/aromatic N) is 1. The topological polar surface area (TPSA) is 119 Å². The lowest BCUT2D eigenvalue weighted by atomic mass is 10.0. The van der Waals surface area contributed by atoms with Crippen LogP contribution in [0.5, 0.6) is 17.2 Å². The molecule has 2 N–H and O–H groups in total. The quantitative estimate of drug-likeness (QED) is 0.0740. The third-order valence-corrected chi connectivity index (χ3v) is 7.49. The van der Waals surface area contributed by atoms with E-state index in [4.69, 9.17) is 37.4 Å². The monoisotopic (exact) mass is 693 g/mol. The minimum atomic E-state index is -0.696. The maximum absolute atomic E-state index is 13.4. The number of carbonyl (C=O) groups excluding carboxylic acids is 3. The smallest absolute Gasteiger partial charge is 0.343 e. The molecule has 0 aliphatic rings. The zero-order valence-electron chi connectivity index (χ0n) is 23.1. The van der Waals surface area contributed by atoms with E-state index in [-0.39, 0.29) is 28.5 Å². The van der Waals surface area contributed by atoms with Gasteiger partial charge in [0.25, 0.3) is 5.91 Å². The van der Waals surface area contributed by atoms with Crippen molar-refractivity contribution in [3.8, 4) is 28.4 Å². The summed E-state index contributed by atoms with van der Waals surface area (Å²) in [7, 11) is 1.39. The van der Waals surface area contributed by atoms with Crippen LogP contribution in [0, 0.1) is 0 Å². The number of fused-ring (bicyclic) bond motifs is 1. The van der Waals surface area contributed by atoms with Crippen LogP contribution in [0.2, 0.25) is 10.0 Å². The van der Waals surface area contributed by atoms with Crippen LogP contribution in [0.1, 0.15) is 33.3 Å². The summed E-state index contributed by atoms with van der Waals surface area (Å²) in [6.07, 6.45) is 1.35. The third-order valence-electron chi connectivity index (χ3n) is 6.35. The second kappa shape index (κ2) is 13.3. The van der Waals surface area contributed by atoms with Crippen LogP contribution in [0.25, 0.3) is 22.0 Å². The van der Waals surface area contributed by atoms with Gasteiger partial charge in [0, 0.05) is 38.5 Å². The molecule has 44 heavy (non-hydrogen) atoms. The van der Waals surface area contributed by atoms with Gasteiger partial charge in [-0.05, 0) is 48.5 Å².